The molecule has 1 atom stereocenters. The average molecular weight is 485 g/mol. The highest BCUT2D eigenvalue weighted by molar-refractivity contribution is 5.67. The zero-order valence-electron chi connectivity index (χ0n) is 21.5. The highest BCUT2D eigenvalue weighted by Crippen LogP contribution is 2.32. The van der Waals surface area contributed by atoms with Crippen molar-refractivity contribution in [3.63, 3.8) is 0 Å². The molecule has 7 heteroatoms. The first-order valence-electron chi connectivity index (χ1n) is 13.1. The second-order valence-electron chi connectivity index (χ2n) is 10.8. The van der Waals surface area contributed by atoms with Gasteiger partial charge in [-0.2, -0.15) is 0 Å². The van der Waals surface area contributed by atoms with Gasteiger partial charge in [-0.05, 0) is 75.3 Å². The minimum atomic E-state index is -0.302. The van der Waals surface area contributed by atoms with Crippen LogP contribution >= 0.6 is 0 Å². The molecule has 2 aliphatic rings. The zero-order chi connectivity index (χ0) is 24.7. The van der Waals surface area contributed by atoms with Crippen molar-refractivity contribution in [2.75, 3.05) is 38.8 Å². The van der Waals surface area contributed by atoms with Crippen LogP contribution in [0.15, 0.2) is 30.7 Å². The van der Waals surface area contributed by atoms with Crippen LogP contribution in [0.3, 0.4) is 0 Å². The molecule has 2 N–H and O–H groups in total. The SMILES string of the molecule is COC[C@@H](C)NC1CCC(Cc2cc(-c3cncc(NCC4(C)CCOCC4)c3)c(F)cn2)CC1. The van der Waals surface area contributed by atoms with Crippen LogP contribution in [-0.4, -0.2) is 55.5 Å². The maximum Gasteiger partial charge on any atom is 0.149 e. The van der Waals surface area contributed by atoms with E-state index in [1.807, 2.05) is 18.3 Å². The fourth-order valence-electron chi connectivity index (χ4n) is 5.38. The van der Waals surface area contributed by atoms with Crippen LogP contribution in [0, 0.1) is 17.2 Å². The summed E-state index contributed by atoms with van der Waals surface area (Å²) >= 11 is 0. The lowest BCUT2D eigenvalue weighted by Crippen LogP contribution is -2.41. The number of halogens is 1. The van der Waals surface area contributed by atoms with E-state index in [1.165, 1.54) is 6.20 Å². The number of methoxy groups -OCH3 is 1. The molecular formula is C28H41FN4O2. The molecule has 0 spiro atoms. The van der Waals surface area contributed by atoms with E-state index < -0.39 is 0 Å². The Kier molecular flexibility index (Phi) is 9.09. The van der Waals surface area contributed by atoms with Gasteiger partial charge in [0, 0.05) is 68.2 Å². The molecule has 1 aliphatic heterocycles. The van der Waals surface area contributed by atoms with Crippen molar-refractivity contribution in [2.45, 2.75) is 70.9 Å². The van der Waals surface area contributed by atoms with Gasteiger partial charge in [0.2, 0.25) is 0 Å². The van der Waals surface area contributed by atoms with E-state index in [4.69, 9.17) is 9.47 Å². The van der Waals surface area contributed by atoms with Crippen molar-refractivity contribution in [1.29, 1.82) is 0 Å². The van der Waals surface area contributed by atoms with E-state index in [-0.39, 0.29) is 11.2 Å². The predicted molar refractivity (Wildman–Crippen MR) is 138 cm³/mol. The lowest BCUT2D eigenvalue weighted by molar-refractivity contribution is 0.0300. The highest BCUT2D eigenvalue weighted by atomic mass is 19.1. The van der Waals surface area contributed by atoms with Gasteiger partial charge in [-0.15, -0.1) is 0 Å². The van der Waals surface area contributed by atoms with Gasteiger partial charge in [0.15, 0.2) is 0 Å². The Bertz CT molecular complexity index is 942. The fraction of sp³-hybridized carbons (Fsp3) is 0.643. The summed E-state index contributed by atoms with van der Waals surface area (Å²) in [4.78, 5) is 8.81. The summed E-state index contributed by atoms with van der Waals surface area (Å²) in [6.07, 6.45) is 12.5. The molecular weight excluding hydrogens is 443 g/mol. The standard InChI is InChI=1S/C28H41FN4O2/c1-20(18-34-3)33-23-6-4-21(5-7-23)12-24-14-26(27(29)17-31-24)22-13-25(16-30-15-22)32-19-28(2)8-10-35-11-9-28/h13-17,20-21,23,32-33H,4-12,18-19H2,1-3H3/t20-,21?,23?/m1/s1. The van der Waals surface area contributed by atoms with Crippen molar-refractivity contribution in [3.05, 3.63) is 42.2 Å². The maximum atomic E-state index is 14.8. The molecule has 6 nitrogen and oxygen atoms in total. The Morgan fingerprint density at radius 1 is 1.14 bits per heavy atom. The number of ether oxygens (including phenoxy) is 2. The molecule has 4 rings (SSSR count). The summed E-state index contributed by atoms with van der Waals surface area (Å²) in [6.45, 7) is 7.68. The molecule has 0 aromatic carbocycles. The number of nitrogens with zero attached hydrogens (tertiary/aromatic N) is 2. The van der Waals surface area contributed by atoms with Gasteiger partial charge in [-0.3, -0.25) is 9.97 Å². The Hall–Kier alpha value is -2.09. The molecule has 0 bridgehead atoms. The molecule has 3 heterocycles. The Balaban J connectivity index is 1.36. The minimum Gasteiger partial charge on any atom is -0.383 e. The minimum absolute atomic E-state index is 0.208. The number of rotatable bonds is 10. The fourth-order valence-corrected chi connectivity index (χ4v) is 5.38. The summed E-state index contributed by atoms with van der Waals surface area (Å²) in [5, 5.41) is 7.19. The van der Waals surface area contributed by atoms with Crippen molar-refractivity contribution >= 4 is 5.69 Å². The van der Waals surface area contributed by atoms with Gasteiger partial charge >= 0.3 is 0 Å². The van der Waals surface area contributed by atoms with Gasteiger partial charge in [-0.1, -0.05) is 6.92 Å². The van der Waals surface area contributed by atoms with Crippen LogP contribution in [0.1, 0.15) is 58.1 Å². The maximum absolute atomic E-state index is 14.8. The quantitative estimate of drug-likeness (QED) is 0.481. The average Bonchev–Trinajstić information content (AvgIpc) is 2.86. The van der Waals surface area contributed by atoms with Crippen molar-refractivity contribution in [3.8, 4) is 11.1 Å². The number of hydrogen-bond donors (Lipinski definition) is 2. The monoisotopic (exact) mass is 484 g/mol. The first-order chi connectivity index (χ1) is 16.9. The Labute approximate surface area is 209 Å². The Morgan fingerprint density at radius 3 is 2.66 bits per heavy atom. The molecule has 0 unspecified atom stereocenters. The second kappa shape index (κ2) is 12.2. The molecule has 35 heavy (non-hydrogen) atoms. The molecule has 1 aliphatic carbocycles. The lowest BCUT2D eigenvalue weighted by Gasteiger charge is -2.33. The van der Waals surface area contributed by atoms with Crippen molar-refractivity contribution in [1.82, 2.24) is 15.3 Å². The third-order valence-electron chi connectivity index (χ3n) is 7.66. The van der Waals surface area contributed by atoms with E-state index >= 15 is 0 Å². The number of pyridine rings is 2. The summed E-state index contributed by atoms with van der Waals surface area (Å²) < 4.78 is 25.5. The number of hydrogen-bond acceptors (Lipinski definition) is 6. The third-order valence-corrected chi connectivity index (χ3v) is 7.66. The molecule has 2 aromatic rings. The van der Waals surface area contributed by atoms with E-state index in [2.05, 4.69) is 34.4 Å². The third kappa shape index (κ3) is 7.45. The van der Waals surface area contributed by atoms with Gasteiger partial charge in [-0.25, -0.2) is 4.39 Å². The van der Waals surface area contributed by atoms with Crippen LogP contribution in [0.2, 0.25) is 0 Å². The van der Waals surface area contributed by atoms with Crippen LogP contribution < -0.4 is 10.6 Å². The summed E-state index contributed by atoms with van der Waals surface area (Å²) in [5.74, 6) is 0.284. The molecule has 192 valence electrons. The first-order valence-corrected chi connectivity index (χ1v) is 13.1. The molecule has 0 amide bonds. The van der Waals surface area contributed by atoms with Gasteiger partial charge in [0.25, 0.3) is 0 Å². The summed E-state index contributed by atoms with van der Waals surface area (Å²) in [5.41, 5.74) is 3.44. The smallest absolute Gasteiger partial charge is 0.149 e. The van der Waals surface area contributed by atoms with Crippen LogP contribution in [-0.2, 0) is 15.9 Å². The summed E-state index contributed by atoms with van der Waals surface area (Å²) in [6, 6.07) is 4.84. The summed E-state index contributed by atoms with van der Waals surface area (Å²) in [7, 11) is 1.75. The zero-order valence-corrected chi connectivity index (χ0v) is 21.5. The normalized spacial score (nSPS) is 23.1. The van der Waals surface area contributed by atoms with E-state index in [0.29, 0.717) is 23.6 Å². The molecule has 2 aromatic heterocycles. The Morgan fingerprint density at radius 2 is 1.91 bits per heavy atom. The van der Waals surface area contributed by atoms with Crippen LogP contribution in [0.25, 0.3) is 11.1 Å². The first kappa shape index (κ1) is 26.0. The second-order valence-corrected chi connectivity index (χ2v) is 10.8. The van der Waals surface area contributed by atoms with Crippen molar-refractivity contribution < 1.29 is 13.9 Å². The van der Waals surface area contributed by atoms with Gasteiger partial charge in [0.1, 0.15) is 5.82 Å². The van der Waals surface area contributed by atoms with E-state index in [1.54, 1.807) is 13.3 Å². The highest BCUT2D eigenvalue weighted by Gasteiger charge is 2.27. The van der Waals surface area contributed by atoms with Gasteiger partial charge in [0.05, 0.1) is 18.5 Å². The van der Waals surface area contributed by atoms with Gasteiger partial charge < -0.3 is 20.1 Å². The molecule has 1 saturated carbocycles. The predicted octanol–water partition coefficient (Wildman–Crippen LogP) is 5.24. The molecule has 0 radical (unpaired) electrons. The van der Waals surface area contributed by atoms with E-state index in [0.717, 1.165) is 88.3 Å². The number of anilines is 1. The lowest BCUT2D eigenvalue weighted by atomic mass is 9.82. The molecule has 2 fully saturated rings. The van der Waals surface area contributed by atoms with Crippen LogP contribution in [0.4, 0.5) is 10.1 Å². The number of nitrogens with one attached hydrogen (secondary N) is 2. The van der Waals surface area contributed by atoms with Crippen molar-refractivity contribution in [2.24, 2.45) is 11.3 Å². The topological polar surface area (TPSA) is 68.3 Å². The van der Waals surface area contributed by atoms with E-state index in [9.17, 15) is 4.39 Å². The largest absolute Gasteiger partial charge is 0.383 e. The van der Waals surface area contributed by atoms with Crippen LogP contribution in [0.5, 0.6) is 0 Å². The molecule has 1 saturated heterocycles. The number of aromatic nitrogens is 2.